The summed E-state index contributed by atoms with van der Waals surface area (Å²) in [5, 5.41) is 12.1. The van der Waals surface area contributed by atoms with Gasteiger partial charge in [0, 0.05) is 38.0 Å². The number of rotatable bonds is 4. The summed E-state index contributed by atoms with van der Waals surface area (Å²) in [6.45, 7) is 0.513. The third-order valence-electron chi connectivity index (χ3n) is 2.66. The fourth-order valence-electron chi connectivity index (χ4n) is 1.67. The molecule has 5 heteroatoms. The van der Waals surface area contributed by atoms with Gasteiger partial charge in [-0.25, -0.2) is 4.98 Å². The third kappa shape index (κ3) is 2.88. The maximum atomic E-state index is 11.8. The lowest BCUT2D eigenvalue weighted by Gasteiger charge is -2.05. The summed E-state index contributed by atoms with van der Waals surface area (Å²) in [5.74, 6) is 0.818. The summed E-state index contributed by atoms with van der Waals surface area (Å²) in [6.07, 6.45) is 4.27. The number of aromatic hydroxyl groups is 1. The number of hydrogen-bond acceptors (Lipinski definition) is 3. The summed E-state index contributed by atoms with van der Waals surface area (Å²) >= 11 is 0. The van der Waals surface area contributed by atoms with Crippen molar-refractivity contribution in [1.82, 2.24) is 14.9 Å². The van der Waals surface area contributed by atoms with Gasteiger partial charge in [-0.1, -0.05) is 6.07 Å². The van der Waals surface area contributed by atoms with Crippen LogP contribution in [0.3, 0.4) is 0 Å². The minimum Gasteiger partial charge on any atom is -0.508 e. The van der Waals surface area contributed by atoms with E-state index in [1.54, 1.807) is 18.3 Å². The Kier molecular flexibility index (Phi) is 3.62. The number of phenols is 1. The summed E-state index contributed by atoms with van der Waals surface area (Å²) in [6, 6.07) is 6.28. The minimum atomic E-state index is -0.194. The molecule has 0 unspecified atom stereocenters. The van der Waals surface area contributed by atoms with E-state index in [-0.39, 0.29) is 11.7 Å². The Morgan fingerprint density at radius 1 is 1.50 bits per heavy atom. The third-order valence-corrected chi connectivity index (χ3v) is 2.66. The Bertz CT molecular complexity index is 549. The highest BCUT2D eigenvalue weighted by atomic mass is 16.3. The van der Waals surface area contributed by atoms with Crippen molar-refractivity contribution >= 4 is 5.91 Å². The maximum absolute atomic E-state index is 11.8. The van der Waals surface area contributed by atoms with Crippen molar-refractivity contribution in [2.45, 2.75) is 6.42 Å². The average molecular weight is 245 g/mol. The molecule has 0 saturated carbocycles. The molecule has 1 amide bonds. The minimum absolute atomic E-state index is 0.0896. The standard InChI is InChI=1S/C13H15N3O2/c1-16-8-7-14-12(16)5-6-15-13(18)10-3-2-4-11(17)9-10/h2-4,7-9,17H,5-6H2,1H3,(H,15,18). The lowest BCUT2D eigenvalue weighted by atomic mass is 10.2. The number of amides is 1. The monoisotopic (exact) mass is 245 g/mol. The smallest absolute Gasteiger partial charge is 0.251 e. The zero-order chi connectivity index (χ0) is 13.0. The van der Waals surface area contributed by atoms with Gasteiger partial charge < -0.3 is 15.0 Å². The fourth-order valence-corrected chi connectivity index (χ4v) is 1.67. The summed E-state index contributed by atoms with van der Waals surface area (Å²) < 4.78 is 1.92. The zero-order valence-electron chi connectivity index (χ0n) is 10.1. The SMILES string of the molecule is Cn1ccnc1CCNC(=O)c1cccc(O)c1. The molecule has 0 aliphatic heterocycles. The maximum Gasteiger partial charge on any atom is 0.251 e. The number of carbonyl (C=O) groups excluding carboxylic acids is 1. The molecular weight excluding hydrogens is 230 g/mol. The van der Waals surface area contributed by atoms with Gasteiger partial charge in [-0.2, -0.15) is 0 Å². The van der Waals surface area contributed by atoms with Gasteiger partial charge in [-0.15, -0.1) is 0 Å². The molecule has 0 radical (unpaired) electrons. The lowest BCUT2D eigenvalue weighted by Crippen LogP contribution is -2.26. The number of aryl methyl sites for hydroxylation is 1. The van der Waals surface area contributed by atoms with E-state index in [0.717, 1.165) is 5.82 Å². The fraction of sp³-hybridized carbons (Fsp3) is 0.231. The van der Waals surface area contributed by atoms with Crippen LogP contribution < -0.4 is 5.32 Å². The van der Waals surface area contributed by atoms with Crippen molar-refractivity contribution in [1.29, 1.82) is 0 Å². The van der Waals surface area contributed by atoms with Crippen molar-refractivity contribution < 1.29 is 9.90 Å². The van der Waals surface area contributed by atoms with Crippen LogP contribution in [0.2, 0.25) is 0 Å². The Morgan fingerprint density at radius 2 is 2.33 bits per heavy atom. The van der Waals surface area contributed by atoms with E-state index in [0.29, 0.717) is 18.5 Å². The van der Waals surface area contributed by atoms with Gasteiger partial charge in [0.2, 0.25) is 0 Å². The molecule has 0 spiro atoms. The van der Waals surface area contributed by atoms with Gasteiger partial charge in [0.05, 0.1) is 0 Å². The molecule has 5 nitrogen and oxygen atoms in total. The van der Waals surface area contributed by atoms with Gasteiger partial charge >= 0.3 is 0 Å². The molecule has 0 atom stereocenters. The quantitative estimate of drug-likeness (QED) is 0.847. The molecule has 94 valence electrons. The van der Waals surface area contributed by atoms with Gasteiger partial charge in [-0.05, 0) is 18.2 Å². The molecule has 1 aromatic carbocycles. The summed E-state index contributed by atoms with van der Waals surface area (Å²) in [5.41, 5.74) is 0.454. The molecule has 0 bridgehead atoms. The van der Waals surface area contributed by atoms with Crippen molar-refractivity contribution in [3.8, 4) is 5.75 Å². The van der Waals surface area contributed by atoms with E-state index in [9.17, 15) is 9.90 Å². The van der Waals surface area contributed by atoms with Crippen molar-refractivity contribution in [3.05, 3.63) is 48.0 Å². The number of imidazole rings is 1. The first kappa shape index (κ1) is 12.2. The molecule has 2 rings (SSSR count). The van der Waals surface area contributed by atoms with Crippen LogP contribution >= 0.6 is 0 Å². The Morgan fingerprint density at radius 3 is 3.00 bits per heavy atom. The van der Waals surface area contributed by atoms with E-state index < -0.39 is 0 Å². The lowest BCUT2D eigenvalue weighted by molar-refractivity contribution is 0.0953. The predicted octanol–water partition coefficient (Wildman–Crippen LogP) is 1.10. The second kappa shape index (κ2) is 5.35. The Balaban J connectivity index is 1.87. The van der Waals surface area contributed by atoms with E-state index in [4.69, 9.17) is 0 Å². The molecule has 2 aromatic rings. The Labute approximate surface area is 105 Å². The molecule has 2 N–H and O–H groups in total. The van der Waals surface area contributed by atoms with Crippen LogP contribution in [0.1, 0.15) is 16.2 Å². The first-order chi connectivity index (χ1) is 8.66. The van der Waals surface area contributed by atoms with Crippen LogP contribution in [0.5, 0.6) is 5.75 Å². The number of nitrogens with zero attached hydrogens (tertiary/aromatic N) is 2. The number of nitrogens with one attached hydrogen (secondary N) is 1. The van der Waals surface area contributed by atoms with Crippen LogP contribution in [0.15, 0.2) is 36.7 Å². The molecule has 0 saturated heterocycles. The average Bonchev–Trinajstić information content (AvgIpc) is 2.75. The zero-order valence-corrected chi connectivity index (χ0v) is 10.1. The molecular formula is C13H15N3O2. The number of phenolic OH excluding ortho intramolecular Hbond substituents is 1. The normalized spacial score (nSPS) is 10.3. The largest absolute Gasteiger partial charge is 0.508 e. The van der Waals surface area contributed by atoms with Crippen molar-refractivity contribution in [2.24, 2.45) is 7.05 Å². The van der Waals surface area contributed by atoms with Crippen LogP contribution in [-0.2, 0) is 13.5 Å². The summed E-state index contributed by atoms with van der Waals surface area (Å²) in [4.78, 5) is 15.9. The number of hydrogen-bond donors (Lipinski definition) is 2. The molecule has 0 aliphatic carbocycles. The van der Waals surface area contributed by atoms with E-state index >= 15 is 0 Å². The highest BCUT2D eigenvalue weighted by Crippen LogP contribution is 2.10. The van der Waals surface area contributed by atoms with Crippen LogP contribution in [0.25, 0.3) is 0 Å². The number of aromatic nitrogens is 2. The Hall–Kier alpha value is -2.30. The van der Waals surface area contributed by atoms with Gasteiger partial charge in [0.1, 0.15) is 11.6 Å². The molecule has 0 fully saturated rings. The first-order valence-corrected chi connectivity index (χ1v) is 5.70. The molecule has 1 heterocycles. The van der Waals surface area contributed by atoms with Crippen molar-refractivity contribution in [2.75, 3.05) is 6.54 Å². The first-order valence-electron chi connectivity index (χ1n) is 5.70. The predicted molar refractivity (Wildman–Crippen MR) is 67.4 cm³/mol. The van der Waals surface area contributed by atoms with Crippen molar-refractivity contribution in [3.63, 3.8) is 0 Å². The highest BCUT2D eigenvalue weighted by molar-refractivity contribution is 5.94. The van der Waals surface area contributed by atoms with E-state index in [2.05, 4.69) is 10.3 Å². The number of carbonyl (C=O) groups is 1. The summed E-state index contributed by atoms with van der Waals surface area (Å²) in [7, 11) is 1.92. The highest BCUT2D eigenvalue weighted by Gasteiger charge is 2.06. The van der Waals surface area contributed by atoms with Gasteiger partial charge in [0.15, 0.2) is 0 Å². The number of benzene rings is 1. The van der Waals surface area contributed by atoms with E-state index in [1.165, 1.54) is 12.1 Å². The molecule has 1 aromatic heterocycles. The van der Waals surface area contributed by atoms with Crippen LogP contribution in [0, 0.1) is 0 Å². The van der Waals surface area contributed by atoms with Crippen LogP contribution in [0.4, 0.5) is 0 Å². The molecule has 18 heavy (non-hydrogen) atoms. The van der Waals surface area contributed by atoms with Gasteiger partial charge in [0.25, 0.3) is 5.91 Å². The van der Waals surface area contributed by atoms with E-state index in [1.807, 2.05) is 17.8 Å². The second-order valence-electron chi connectivity index (χ2n) is 4.01. The topological polar surface area (TPSA) is 67.2 Å². The van der Waals surface area contributed by atoms with Gasteiger partial charge in [-0.3, -0.25) is 4.79 Å². The van der Waals surface area contributed by atoms with Crippen LogP contribution in [-0.4, -0.2) is 27.1 Å². The second-order valence-corrected chi connectivity index (χ2v) is 4.01. The molecule has 0 aliphatic rings.